The quantitative estimate of drug-likeness (QED) is 0.0756. The van der Waals surface area contributed by atoms with E-state index in [0.29, 0.717) is 13.5 Å². The van der Waals surface area contributed by atoms with Gasteiger partial charge >= 0.3 is 21.1 Å². The highest BCUT2D eigenvalue weighted by Gasteiger charge is 2.63. The van der Waals surface area contributed by atoms with Crippen LogP contribution in [0.25, 0.3) is 44.3 Å². The lowest BCUT2D eigenvalue weighted by atomic mass is 9.49. The maximum absolute atomic E-state index is 6.26. The Bertz CT molecular complexity index is 2820. The Morgan fingerprint density at radius 3 is 1.21 bits per heavy atom. The molecule has 3 aliphatic heterocycles. The molecule has 22 heteroatoms. The predicted octanol–water partition coefficient (Wildman–Crippen LogP) is 12.7. The third-order valence-corrected chi connectivity index (χ3v) is 19.0. The number of pyridine rings is 2. The lowest BCUT2D eigenvalue weighted by molar-refractivity contribution is 0.00578. The molecule has 3 aliphatic rings. The van der Waals surface area contributed by atoms with E-state index in [-0.39, 0.29) is 44.7 Å². The second-order valence-corrected chi connectivity index (χ2v) is 37.7. The first-order valence-electron chi connectivity index (χ1n) is 25.9. The van der Waals surface area contributed by atoms with Gasteiger partial charge < -0.3 is 46.5 Å². The fraction of sp³-hybridized carbons (Fsp3) is 0.636. The molecule has 3 fully saturated rings. The van der Waals surface area contributed by atoms with Crippen LogP contribution in [0.1, 0.15) is 105 Å². The van der Waals surface area contributed by atoms with Gasteiger partial charge in [-0.15, -0.1) is 0 Å². The van der Waals surface area contributed by atoms with E-state index in [2.05, 4.69) is 132 Å². The first kappa shape index (κ1) is 66.1. The summed E-state index contributed by atoms with van der Waals surface area (Å²) >= 11 is 3.52. The van der Waals surface area contributed by atoms with E-state index in [9.17, 15) is 0 Å². The molecule has 0 saturated carbocycles. The minimum absolute atomic E-state index is 0. The van der Waals surface area contributed by atoms with Gasteiger partial charge in [0.2, 0.25) is 0 Å². The summed E-state index contributed by atoms with van der Waals surface area (Å²) in [6.07, 6.45) is 15.7. The second kappa shape index (κ2) is 24.4. The van der Waals surface area contributed by atoms with Crippen molar-refractivity contribution in [2.45, 2.75) is 204 Å². The molecule has 0 N–H and O–H groups in total. The molecule has 0 aliphatic carbocycles. The fourth-order valence-corrected chi connectivity index (χ4v) is 10.1. The van der Waals surface area contributed by atoms with Gasteiger partial charge in [-0.2, -0.15) is 10.2 Å². The molecule has 6 aromatic rings. The van der Waals surface area contributed by atoms with Crippen molar-refractivity contribution in [2.24, 2.45) is 14.1 Å². The Hall–Kier alpha value is -3.41. The SMILES string of the molecule is C.C.C.CC1(C)OB(B2OC(C)(C)C(C)(C)O2)OC1(C)C.Cn1cc(-c2cn(COCC[Si](C)(C)C)c3ncc(B4OC(C)(C)C(C)(C)O4)cc23)cn1.Cn1cc(-c2cn(COCC[Si](C)(C)C)c3ncc(Br)cc23)cn1. The average molecular weight is 1160 g/mol. The zero-order chi connectivity index (χ0) is 54.6. The molecule has 16 nitrogen and oxygen atoms in total. The molecule has 0 radical (unpaired) electrons. The van der Waals surface area contributed by atoms with Crippen molar-refractivity contribution < 1.29 is 37.4 Å². The van der Waals surface area contributed by atoms with Crippen LogP contribution in [0, 0.1) is 0 Å². The molecular formula is C55H94B3BrN8O8Si2. The standard InChI is InChI=1S/C23H35BN4O3Si.C17H23BrN4OSi.C12H24B2O4.3CH4/c1-22(2)23(3,4)31-24(30-22)18-11-19-20(17-12-26-27(5)14-17)15-28(21(19)25-13-18)16-29-9-10-32(6,7)8;1-21-10-13(8-20-21)16-11-22(12-23-5-6-24(2,3)4)17-15(16)7-14(18)9-19-17;1-9(2)10(3,4)16-13(15-9)14-17-11(5,6)12(7,8)18-14;;;/h11-15H,9-10,16H2,1-8H3;7-11H,5-6,12H2,1-4H3;1-8H3;3*1H4. The van der Waals surface area contributed by atoms with Gasteiger partial charge in [0.05, 0.1) is 46.0 Å². The van der Waals surface area contributed by atoms with Crippen molar-refractivity contribution in [1.29, 1.82) is 0 Å². The Kier molecular flexibility index (Phi) is 20.9. The molecule has 0 atom stereocenters. The molecule has 0 amide bonds. The fourth-order valence-electron chi connectivity index (χ4n) is 8.30. The number of halogens is 1. The predicted molar refractivity (Wildman–Crippen MR) is 328 cm³/mol. The monoisotopic (exact) mass is 1160 g/mol. The van der Waals surface area contributed by atoms with Crippen LogP contribution in [0.15, 0.2) is 66.2 Å². The lowest BCUT2D eigenvalue weighted by Gasteiger charge is -2.32. The highest BCUT2D eigenvalue weighted by Crippen LogP contribution is 2.43. The van der Waals surface area contributed by atoms with Gasteiger partial charge in [0.15, 0.2) is 0 Å². The minimum Gasteiger partial charge on any atom is -0.405 e. The topological polar surface area (TPSA) is 145 Å². The summed E-state index contributed by atoms with van der Waals surface area (Å²) < 4.78 is 57.1. The number of hydrogen-bond acceptors (Lipinski definition) is 12. The summed E-state index contributed by atoms with van der Waals surface area (Å²) in [7, 11) is 0.256. The van der Waals surface area contributed by atoms with Crippen LogP contribution in [0.4, 0.5) is 0 Å². The van der Waals surface area contributed by atoms with E-state index >= 15 is 0 Å². The average Bonchev–Trinajstić information content (AvgIpc) is 4.13. The zero-order valence-corrected chi connectivity index (χ0v) is 51.6. The maximum atomic E-state index is 6.26. The third kappa shape index (κ3) is 15.3. The number of hydrogen-bond donors (Lipinski definition) is 0. The summed E-state index contributed by atoms with van der Waals surface area (Å²) in [5.74, 6) is 0. The molecule has 0 unspecified atom stereocenters. The molecule has 0 aromatic carbocycles. The van der Waals surface area contributed by atoms with Gasteiger partial charge in [-0.1, -0.05) is 61.6 Å². The lowest BCUT2D eigenvalue weighted by Crippen LogP contribution is -2.41. The third-order valence-electron chi connectivity index (χ3n) is 15.2. The highest BCUT2D eigenvalue weighted by molar-refractivity contribution is 9.10. The van der Waals surface area contributed by atoms with Gasteiger partial charge in [-0.25, -0.2) is 9.97 Å². The zero-order valence-electron chi connectivity index (χ0n) is 48.0. The van der Waals surface area contributed by atoms with Crippen LogP contribution < -0.4 is 5.46 Å². The Labute approximate surface area is 473 Å². The summed E-state index contributed by atoms with van der Waals surface area (Å²) in [4.78, 5) is 9.38. The first-order valence-corrected chi connectivity index (χ1v) is 34.1. The minimum atomic E-state index is -1.13. The summed E-state index contributed by atoms with van der Waals surface area (Å²) in [6.45, 7) is 41.2. The van der Waals surface area contributed by atoms with E-state index in [1.165, 1.54) is 6.04 Å². The number of fused-ring (bicyclic) bond motifs is 2. The number of aromatic nitrogens is 8. The van der Waals surface area contributed by atoms with Crippen molar-refractivity contribution in [3.8, 4) is 22.3 Å². The number of rotatable bonds is 14. The maximum Gasteiger partial charge on any atom is 0.496 e. The van der Waals surface area contributed by atoms with Gasteiger partial charge in [0.25, 0.3) is 0 Å². The van der Waals surface area contributed by atoms with Gasteiger partial charge in [0, 0.05) is 124 Å². The first-order chi connectivity index (χ1) is 34.1. The molecule has 426 valence electrons. The van der Waals surface area contributed by atoms with Crippen LogP contribution in [0.2, 0.25) is 51.4 Å². The summed E-state index contributed by atoms with van der Waals surface area (Å²) in [6, 6.07) is 6.54. The number of aryl methyl sites for hydroxylation is 2. The molecule has 0 spiro atoms. The molecule has 9 rings (SSSR count). The summed E-state index contributed by atoms with van der Waals surface area (Å²) in [5.41, 5.74) is 4.85. The Morgan fingerprint density at radius 2 is 0.857 bits per heavy atom. The van der Waals surface area contributed by atoms with Crippen LogP contribution in [-0.2, 0) is 65.0 Å². The van der Waals surface area contributed by atoms with Crippen molar-refractivity contribution in [1.82, 2.24) is 38.7 Å². The van der Waals surface area contributed by atoms with Crippen molar-refractivity contribution in [2.75, 3.05) is 13.2 Å². The van der Waals surface area contributed by atoms with Crippen molar-refractivity contribution in [3.05, 3.63) is 66.2 Å². The Morgan fingerprint density at radius 1 is 0.506 bits per heavy atom. The van der Waals surface area contributed by atoms with E-state index in [4.69, 9.17) is 42.4 Å². The largest absolute Gasteiger partial charge is 0.496 e. The van der Waals surface area contributed by atoms with E-state index in [1.54, 1.807) is 0 Å². The van der Waals surface area contributed by atoms with E-state index < -0.39 is 48.5 Å². The highest BCUT2D eigenvalue weighted by atomic mass is 79.9. The Balaban J connectivity index is 0.000000254. The summed E-state index contributed by atoms with van der Waals surface area (Å²) in [5, 5.41) is 10.8. The van der Waals surface area contributed by atoms with Gasteiger partial charge in [-0.05, 0) is 123 Å². The van der Waals surface area contributed by atoms with Gasteiger partial charge in [-0.3, -0.25) is 9.36 Å². The van der Waals surface area contributed by atoms with E-state index in [1.807, 2.05) is 116 Å². The molecule has 6 aromatic heterocycles. The van der Waals surface area contributed by atoms with Crippen LogP contribution in [-0.4, -0.2) is 123 Å². The smallest absolute Gasteiger partial charge is 0.405 e. The van der Waals surface area contributed by atoms with Crippen molar-refractivity contribution >= 4 is 80.7 Å². The number of ether oxygens (including phenoxy) is 2. The second-order valence-electron chi connectivity index (χ2n) is 25.5. The van der Waals surface area contributed by atoms with E-state index in [0.717, 1.165) is 73.5 Å². The van der Waals surface area contributed by atoms with Crippen LogP contribution >= 0.6 is 15.9 Å². The normalized spacial score (nSPS) is 18.8. The van der Waals surface area contributed by atoms with Crippen LogP contribution in [0.5, 0.6) is 0 Å². The molecule has 0 bridgehead atoms. The molecule has 3 saturated heterocycles. The van der Waals surface area contributed by atoms with Gasteiger partial charge in [0.1, 0.15) is 24.8 Å². The van der Waals surface area contributed by atoms with Crippen molar-refractivity contribution in [3.63, 3.8) is 0 Å². The number of nitrogens with zero attached hydrogens (tertiary/aromatic N) is 8. The molecular weight excluding hydrogens is 1070 g/mol. The van der Waals surface area contributed by atoms with Crippen LogP contribution in [0.3, 0.4) is 0 Å². The molecule has 9 heterocycles. The molecule has 77 heavy (non-hydrogen) atoms.